The molecule has 0 saturated carbocycles. The fourth-order valence-corrected chi connectivity index (χ4v) is 3.94. The van der Waals surface area contributed by atoms with Gasteiger partial charge in [-0.05, 0) is 67.1 Å². The molecule has 4 heteroatoms. The van der Waals surface area contributed by atoms with Crippen molar-refractivity contribution in [1.82, 2.24) is 10.6 Å². The van der Waals surface area contributed by atoms with Crippen LogP contribution >= 0.6 is 0 Å². The third-order valence-corrected chi connectivity index (χ3v) is 5.33. The lowest BCUT2D eigenvalue weighted by molar-refractivity contribution is 0.0950. The molecule has 0 aromatic heterocycles. The first-order chi connectivity index (χ1) is 12.7. The van der Waals surface area contributed by atoms with E-state index in [1.807, 2.05) is 30.3 Å². The first-order valence-electron chi connectivity index (χ1n) is 9.56. The van der Waals surface area contributed by atoms with Gasteiger partial charge in [0.25, 0.3) is 5.91 Å². The topological polar surface area (TPSA) is 50.4 Å². The minimum Gasteiger partial charge on any atom is -0.490 e. The molecule has 0 aliphatic carbocycles. The molecule has 0 spiro atoms. The van der Waals surface area contributed by atoms with Gasteiger partial charge in [0.2, 0.25) is 0 Å². The molecule has 2 aromatic carbocycles. The molecule has 2 aliphatic rings. The summed E-state index contributed by atoms with van der Waals surface area (Å²) in [7, 11) is 0. The number of nitrogens with one attached hydrogen (secondary N) is 2. The van der Waals surface area contributed by atoms with Crippen molar-refractivity contribution in [1.29, 1.82) is 0 Å². The zero-order valence-electron chi connectivity index (χ0n) is 15.3. The van der Waals surface area contributed by atoms with E-state index in [2.05, 4.69) is 29.7 Å². The van der Waals surface area contributed by atoms with E-state index in [1.165, 1.54) is 24.0 Å². The maximum atomic E-state index is 12.6. The highest BCUT2D eigenvalue weighted by molar-refractivity contribution is 5.94. The van der Waals surface area contributed by atoms with E-state index in [0.29, 0.717) is 12.5 Å². The van der Waals surface area contributed by atoms with E-state index in [4.69, 9.17) is 4.74 Å². The van der Waals surface area contributed by atoms with Gasteiger partial charge in [-0.1, -0.05) is 24.3 Å². The van der Waals surface area contributed by atoms with Crippen molar-refractivity contribution in [2.75, 3.05) is 13.1 Å². The number of hydrogen-bond donors (Lipinski definition) is 2. The molecule has 136 valence electrons. The van der Waals surface area contributed by atoms with E-state index < -0.39 is 0 Å². The molecule has 0 radical (unpaired) electrons. The molecule has 1 saturated heterocycles. The molecule has 2 aliphatic heterocycles. The molecule has 4 nitrogen and oxygen atoms in total. The lowest BCUT2D eigenvalue weighted by Crippen LogP contribution is -2.28. The third kappa shape index (κ3) is 3.75. The Morgan fingerprint density at radius 1 is 1.27 bits per heavy atom. The predicted molar refractivity (Wildman–Crippen MR) is 103 cm³/mol. The highest BCUT2D eigenvalue weighted by atomic mass is 16.5. The van der Waals surface area contributed by atoms with Crippen molar-refractivity contribution >= 4 is 5.91 Å². The average Bonchev–Trinajstić information content (AvgIpc) is 3.06. The summed E-state index contributed by atoms with van der Waals surface area (Å²) in [4.78, 5) is 12.6. The summed E-state index contributed by atoms with van der Waals surface area (Å²) >= 11 is 0. The van der Waals surface area contributed by atoms with Gasteiger partial charge in [-0.3, -0.25) is 4.79 Å². The van der Waals surface area contributed by atoms with E-state index in [0.717, 1.165) is 36.4 Å². The molecule has 4 rings (SSSR count). The molecule has 2 aromatic rings. The number of fused-ring (bicyclic) bond motifs is 1. The number of carbonyl (C=O) groups excluding carboxylic acids is 1. The number of carbonyl (C=O) groups is 1. The molecule has 2 atom stereocenters. The van der Waals surface area contributed by atoms with Gasteiger partial charge in [-0.15, -0.1) is 0 Å². The smallest absolute Gasteiger partial charge is 0.251 e. The minimum absolute atomic E-state index is 0.0132. The number of ether oxygens (including phenoxy) is 1. The first-order valence-corrected chi connectivity index (χ1v) is 9.56. The van der Waals surface area contributed by atoms with Crippen LogP contribution in [0.4, 0.5) is 0 Å². The Morgan fingerprint density at radius 2 is 2.19 bits per heavy atom. The van der Waals surface area contributed by atoms with Crippen LogP contribution in [0.1, 0.15) is 52.7 Å². The van der Waals surface area contributed by atoms with Crippen molar-refractivity contribution < 1.29 is 9.53 Å². The van der Waals surface area contributed by atoms with Gasteiger partial charge in [-0.2, -0.15) is 0 Å². The third-order valence-electron chi connectivity index (χ3n) is 5.33. The number of benzene rings is 2. The summed E-state index contributed by atoms with van der Waals surface area (Å²) in [6.45, 7) is 4.72. The van der Waals surface area contributed by atoms with Crippen LogP contribution in [-0.4, -0.2) is 25.1 Å². The Labute approximate surface area is 155 Å². The van der Waals surface area contributed by atoms with Crippen molar-refractivity contribution in [3.63, 3.8) is 0 Å². The summed E-state index contributed by atoms with van der Waals surface area (Å²) in [5.74, 6) is 1.47. The van der Waals surface area contributed by atoms with Gasteiger partial charge in [0.1, 0.15) is 11.9 Å². The van der Waals surface area contributed by atoms with Gasteiger partial charge in [0.15, 0.2) is 0 Å². The van der Waals surface area contributed by atoms with Crippen molar-refractivity contribution in [2.45, 2.75) is 44.8 Å². The van der Waals surface area contributed by atoms with Crippen LogP contribution in [0.5, 0.6) is 5.75 Å². The zero-order chi connectivity index (χ0) is 17.9. The Bertz CT molecular complexity index is 796. The second-order valence-electron chi connectivity index (χ2n) is 7.43. The predicted octanol–water partition coefficient (Wildman–Crippen LogP) is 3.41. The summed E-state index contributed by atoms with van der Waals surface area (Å²) in [6.07, 6.45) is 3.57. The van der Waals surface area contributed by atoms with Gasteiger partial charge >= 0.3 is 0 Å². The Hall–Kier alpha value is -2.33. The molecule has 1 amide bonds. The first kappa shape index (κ1) is 17.1. The van der Waals surface area contributed by atoms with Crippen LogP contribution in [0.15, 0.2) is 42.5 Å². The molecule has 2 heterocycles. The monoisotopic (exact) mass is 350 g/mol. The number of piperidine rings is 1. The molecule has 26 heavy (non-hydrogen) atoms. The van der Waals surface area contributed by atoms with Gasteiger partial charge in [0, 0.05) is 25.1 Å². The zero-order valence-corrected chi connectivity index (χ0v) is 15.3. The van der Waals surface area contributed by atoms with Crippen molar-refractivity contribution in [3.8, 4) is 5.75 Å². The van der Waals surface area contributed by atoms with Gasteiger partial charge in [0.05, 0.1) is 0 Å². The van der Waals surface area contributed by atoms with Crippen molar-refractivity contribution in [2.24, 2.45) is 0 Å². The second kappa shape index (κ2) is 7.50. The SMILES string of the molecule is CC1Cc2cc(CNC(=O)c3cccc(C4CCCNC4)c3)ccc2O1. The number of hydrogen-bond acceptors (Lipinski definition) is 3. The summed E-state index contributed by atoms with van der Waals surface area (Å²) in [6, 6.07) is 14.3. The maximum Gasteiger partial charge on any atom is 0.251 e. The van der Waals surface area contributed by atoms with Gasteiger partial charge < -0.3 is 15.4 Å². The fourth-order valence-electron chi connectivity index (χ4n) is 3.94. The van der Waals surface area contributed by atoms with E-state index >= 15 is 0 Å². The molecule has 0 bridgehead atoms. The van der Waals surface area contributed by atoms with Crippen LogP contribution in [-0.2, 0) is 13.0 Å². The maximum absolute atomic E-state index is 12.6. The summed E-state index contributed by atoms with van der Waals surface area (Å²) in [5, 5.41) is 6.49. The molecular formula is C22H26N2O2. The van der Waals surface area contributed by atoms with Crippen LogP contribution in [0.3, 0.4) is 0 Å². The standard InChI is InChI=1S/C22H26N2O2/c1-15-10-20-11-16(7-8-21(20)26-15)13-24-22(25)18-5-2-4-17(12-18)19-6-3-9-23-14-19/h2,4-5,7-8,11-12,15,19,23H,3,6,9-10,13-14H2,1H3,(H,24,25). The Balaban J connectivity index is 1.40. The fraction of sp³-hybridized carbons (Fsp3) is 0.409. The summed E-state index contributed by atoms with van der Waals surface area (Å²) in [5.41, 5.74) is 4.35. The lowest BCUT2D eigenvalue weighted by Gasteiger charge is -2.23. The van der Waals surface area contributed by atoms with E-state index in [9.17, 15) is 4.79 Å². The minimum atomic E-state index is -0.0132. The molecule has 2 N–H and O–H groups in total. The molecule has 1 fully saturated rings. The van der Waals surface area contributed by atoms with Crippen molar-refractivity contribution in [3.05, 3.63) is 64.7 Å². The van der Waals surface area contributed by atoms with Crippen LogP contribution < -0.4 is 15.4 Å². The van der Waals surface area contributed by atoms with Crippen LogP contribution in [0, 0.1) is 0 Å². The highest BCUT2D eigenvalue weighted by Crippen LogP contribution is 2.29. The summed E-state index contributed by atoms with van der Waals surface area (Å²) < 4.78 is 5.74. The van der Waals surface area contributed by atoms with E-state index in [1.54, 1.807) is 0 Å². The van der Waals surface area contributed by atoms with Crippen LogP contribution in [0.2, 0.25) is 0 Å². The molecule has 2 unspecified atom stereocenters. The normalized spacial score (nSPS) is 21.7. The average molecular weight is 350 g/mol. The molecular weight excluding hydrogens is 324 g/mol. The van der Waals surface area contributed by atoms with E-state index in [-0.39, 0.29) is 12.0 Å². The highest BCUT2D eigenvalue weighted by Gasteiger charge is 2.19. The lowest BCUT2D eigenvalue weighted by atomic mass is 9.90. The Kier molecular flexibility index (Phi) is 4.93. The second-order valence-corrected chi connectivity index (χ2v) is 7.43. The van der Waals surface area contributed by atoms with Gasteiger partial charge in [-0.25, -0.2) is 0 Å². The Morgan fingerprint density at radius 3 is 3.04 bits per heavy atom. The number of rotatable bonds is 4. The number of amides is 1. The quantitative estimate of drug-likeness (QED) is 0.888. The van der Waals surface area contributed by atoms with Crippen LogP contribution in [0.25, 0.3) is 0 Å². The largest absolute Gasteiger partial charge is 0.490 e.